The highest BCUT2D eigenvalue weighted by Gasteiger charge is 2.26. The molecular formula is C18H29Cl2N3O. The maximum Gasteiger partial charge on any atom is 0.254 e. The fourth-order valence-corrected chi connectivity index (χ4v) is 3.72. The molecule has 0 unspecified atom stereocenters. The predicted octanol–water partition coefficient (Wildman–Crippen LogP) is 3.30. The SMILES string of the molecule is CN(C)CC1CCN(C(=O)c2cccc3c2CCCN3)CC1.Cl.Cl. The van der Waals surface area contributed by atoms with E-state index in [1.165, 1.54) is 5.56 Å². The molecule has 1 aromatic carbocycles. The number of amides is 1. The average molecular weight is 374 g/mol. The molecular weight excluding hydrogens is 345 g/mol. The minimum absolute atomic E-state index is 0. The zero-order chi connectivity index (χ0) is 15.5. The number of carbonyl (C=O) groups excluding carboxylic acids is 1. The fraction of sp³-hybridized carbons (Fsp3) is 0.611. The molecule has 4 nitrogen and oxygen atoms in total. The van der Waals surface area contributed by atoms with Crippen molar-refractivity contribution in [1.82, 2.24) is 9.80 Å². The Morgan fingerprint density at radius 3 is 2.62 bits per heavy atom. The summed E-state index contributed by atoms with van der Waals surface area (Å²) in [6, 6.07) is 6.10. The van der Waals surface area contributed by atoms with E-state index in [2.05, 4.69) is 35.3 Å². The first-order valence-electron chi connectivity index (χ1n) is 8.45. The summed E-state index contributed by atoms with van der Waals surface area (Å²) in [5, 5.41) is 3.41. The number of fused-ring (bicyclic) bond motifs is 1. The molecule has 1 saturated heterocycles. The maximum absolute atomic E-state index is 12.9. The molecule has 0 aliphatic carbocycles. The number of anilines is 1. The van der Waals surface area contributed by atoms with Crippen molar-refractivity contribution in [3.63, 3.8) is 0 Å². The van der Waals surface area contributed by atoms with Crippen LogP contribution in [0.2, 0.25) is 0 Å². The third-order valence-electron chi connectivity index (χ3n) is 4.85. The van der Waals surface area contributed by atoms with E-state index in [-0.39, 0.29) is 30.7 Å². The number of rotatable bonds is 3. The molecule has 6 heteroatoms. The first kappa shape index (κ1) is 21.1. The Hall–Kier alpha value is -0.970. The van der Waals surface area contributed by atoms with Crippen LogP contribution in [-0.4, -0.2) is 56.0 Å². The maximum atomic E-state index is 12.9. The van der Waals surface area contributed by atoms with Crippen molar-refractivity contribution in [2.24, 2.45) is 5.92 Å². The highest BCUT2D eigenvalue weighted by molar-refractivity contribution is 5.97. The second-order valence-electron chi connectivity index (χ2n) is 6.86. The number of piperidine rings is 1. The molecule has 0 atom stereocenters. The largest absolute Gasteiger partial charge is 0.385 e. The van der Waals surface area contributed by atoms with Crippen LogP contribution < -0.4 is 5.32 Å². The first-order chi connectivity index (χ1) is 10.6. The molecule has 1 amide bonds. The number of benzene rings is 1. The number of likely N-dealkylation sites (tertiary alicyclic amines) is 1. The van der Waals surface area contributed by atoms with E-state index < -0.39 is 0 Å². The fourth-order valence-electron chi connectivity index (χ4n) is 3.72. The minimum atomic E-state index is 0. The lowest BCUT2D eigenvalue weighted by atomic mass is 9.93. The summed E-state index contributed by atoms with van der Waals surface area (Å²) >= 11 is 0. The topological polar surface area (TPSA) is 35.6 Å². The van der Waals surface area contributed by atoms with Crippen LogP contribution in [0.25, 0.3) is 0 Å². The van der Waals surface area contributed by atoms with E-state index in [1.54, 1.807) is 0 Å². The molecule has 2 heterocycles. The monoisotopic (exact) mass is 373 g/mol. The van der Waals surface area contributed by atoms with E-state index in [1.807, 2.05) is 12.1 Å². The number of hydrogen-bond acceptors (Lipinski definition) is 3. The molecule has 1 aromatic rings. The second kappa shape index (κ2) is 9.50. The Balaban J connectivity index is 0.00000144. The Bertz CT molecular complexity index is 543. The van der Waals surface area contributed by atoms with Crippen molar-refractivity contribution in [3.05, 3.63) is 29.3 Å². The Morgan fingerprint density at radius 2 is 1.96 bits per heavy atom. The summed E-state index contributed by atoms with van der Waals surface area (Å²) in [6.45, 7) is 3.94. The number of carbonyl (C=O) groups is 1. The van der Waals surface area contributed by atoms with E-state index in [0.717, 1.165) is 69.0 Å². The molecule has 0 radical (unpaired) electrons. The van der Waals surface area contributed by atoms with Gasteiger partial charge in [0.1, 0.15) is 0 Å². The lowest BCUT2D eigenvalue weighted by Gasteiger charge is -2.34. The normalized spacial score (nSPS) is 17.4. The molecule has 0 spiro atoms. The van der Waals surface area contributed by atoms with Crippen LogP contribution in [0.3, 0.4) is 0 Å². The summed E-state index contributed by atoms with van der Waals surface area (Å²) in [5.41, 5.74) is 3.28. The van der Waals surface area contributed by atoms with Crippen LogP contribution in [0.1, 0.15) is 35.2 Å². The molecule has 2 aliphatic rings. The van der Waals surface area contributed by atoms with Gasteiger partial charge in [-0.1, -0.05) is 6.07 Å². The van der Waals surface area contributed by atoms with E-state index in [9.17, 15) is 4.79 Å². The first-order valence-corrected chi connectivity index (χ1v) is 8.45. The van der Waals surface area contributed by atoms with Gasteiger partial charge in [0.05, 0.1) is 0 Å². The Kier molecular flexibility index (Phi) is 8.34. The van der Waals surface area contributed by atoms with E-state index in [0.29, 0.717) is 0 Å². The quantitative estimate of drug-likeness (QED) is 0.882. The summed E-state index contributed by atoms with van der Waals surface area (Å²) in [4.78, 5) is 17.2. The van der Waals surface area contributed by atoms with Gasteiger partial charge in [0.2, 0.25) is 0 Å². The molecule has 0 bridgehead atoms. The standard InChI is InChI=1S/C18H27N3O.2ClH/c1-20(2)13-14-8-11-21(12-9-14)18(22)16-5-3-7-17-15(16)6-4-10-19-17;;/h3,5,7,14,19H,4,6,8-13H2,1-2H3;2*1H. The smallest absolute Gasteiger partial charge is 0.254 e. The Morgan fingerprint density at radius 1 is 1.25 bits per heavy atom. The van der Waals surface area contributed by atoms with Gasteiger partial charge >= 0.3 is 0 Å². The summed E-state index contributed by atoms with van der Waals surface area (Å²) < 4.78 is 0. The van der Waals surface area contributed by atoms with Crippen LogP contribution in [0.4, 0.5) is 5.69 Å². The van der Waals surface area contributed by atoms with Gasteiger partial charge in [0, 0.05) is 37.4 Å². The average Bonchev–Trinajstić information content (AvgIpc) is 2.54. The number of hydrogen-bond donors (Lipinski definition) is 1. The van der Waals surface area contributed by atoms with Gasteiger partial charge < -0.3 is 15.1 Å². The summed E-state index contributed by atoms with van der Waals surface area (Å²) in [5.74, 6) is 0.953. The minimum Gasteiger partial charge on any atom is -0.385 e. The van der Waals surface area contributed by atoms with Crippen molar-refractivity contribution in [3.8, 4) is 0 Å². The third-order valence-corrected chi connectivity index (χ3v) is 4.85. The highest BCUT2D eigenvalue weighted by atomic mass is 35.5. The highest BCUT2D eigenvalue weighted by Crippen LogP contribution is 2.27. The van der Waals surface area contributed by atoms with Crippen molar-refractivity contribution >= 4 is 36.4 Å². The van der Waals surface area contributed by atoms with Crippen LogP contribution in [0, 0.1) is 5.92 Å². The van der Waals surface area contributed by atoms with Crippen LogP contribution in [-0.2, 0) is 6.42 Å². The molecule has 2 aliphatic heterocycles. The number of halogens is 2. The summed E-state index contributed by atoms with van der Waals surface area (Å²) in [6.07, 6.45) is 4.37. The molecule has 1 N–H and O–H groups in total. The van der Waals surface area contributed by atoms with Crippen molar-refractivity contribution in [2.45, 2.75) is 25.7 Å². The number of nitrogens with one attached hydrogen (secondary N) is 1. The van der Waals surface area contributed by atoms with Crippen molar-refractivity contribution < 1.29 is 4.79 Å². The number of nitrogens with zero attached hydrogens (tertiary/aromatic N) is 2. The lowest BCUT2D eigenvalue weighted by molar-refractivity contribution is 0.0677. The van der Waals surface area contributed by atoms with Crippen molar-refractivity contribution in [1.29, 1.82) is 0 Å². The van der Waals surface area contributed by atoms with Gasteiger partial charge in [-0.25, -0.2) is 0 Å². The van der Waals surface area contributed by atoms with Crippen molar-refractivity contribution in [2.75, 3.05) is 45.6 Å². The molecule has 0 saturated carbocycles. The molecule has 1 fully saturated rings. The van der Waals surface area contributed by atoms with E-state index >= 15 is 0 Å². The second-order valence-corrected chi connectivity index (χ2v) is 6.86. The molecule has 24 heavy (non-hydrogen) atoms. The molecule has 3 rings (SSSR count). The van der Waals surface area contributed by atoms with Gasteiger partial charge in [0.15, 0.2) is 0 Å². The molecule has 136 valence electrons. The third kappa shape index (κ3) is 4.78. The van der Waals surface area contributed by atoms with Gasteiger partial charge in [-0.2, -0.15) is 0 Å². The summed E-state index contributed by atoms with van der Waals surface area (Å²) in [7, 11) is 4.25. The van der Waals surface area contributed by atoms with E-state index in [4.69, 9.17) is 0 Å². The van der Waals surface area contributed by atoms with Crippen LogP contribution >= 0.6 is 24.8 Å². The van der Waals surface area contributed by atoms with Crippen LogP contribution in [0.5, 0.6) is 0 Å². The predicted molar refractivity (Wildman–Crippen MR) is 105 cm³/mol. The van der Waals surface area contributed by atoms with Gasteiger partial charge in [0.25, 0.3) is 5.91 Å². The zero-order valence-electron chi connectivity index (χ0n) is 14.6. The van der Waals surface area contributed by atoms with Crippen LogP contribution in [0.15, 0.2) is 18.2 Å². The van der Waals surface area contributed by atoms with Gasteiger partial charge in [-0.05, 0) is 63.4 Å². The Labute approximate surface area is 157 Å². The van der Waals surface area contributed by atoms with Gasteiger partial charge in [-0.3, -0.25) is 4.79 Å². The molecule has 0 aromatic heterocycles. The zero-order valence-corrected chi connectivity index (χ0v) is 16.2. The van der Waals surface area contributed by atoms with Gasteiger partial charge in [-0.15, -0.1) is 24.8 Å². The lowest BCUT2D eigenvalue weighted by Crippen LogP contribution is -2.41.